The van der Waals surface area contributed by atoms with Gasteiger partial charge in [0.05, 0.1) is 18.0 Å². The van der Waals surface area contributed by atoms with Crippen molar-refractivity contribution in [1.29, 1.82) is 0 Å². The third-order valence-corrected chi connectivity index (χ3v) is 7.69. The van der Waals surface area contributed by atoms with E-state index in [0.29, 0.717) is 5.92 Å². The largest absolute Gasteiger partial charge is 0.346 e. The van der Waals surface area contributed by atoms with E-state index in [-0.39, 0.29) is 17.3 Å². The van der Waals surface area contributed by atoms with Crippen molar-refractivity contribution >= 4 is 21.8 Å². The van der Waals surface area contributed by atoms with Crippen molar-refractivity contribution in [2.45, 2.75) is 50.8 Å². The Balaban J connectivity index is 1.44. The number of aryl methyl sites for hydroxylation is 2. The Morgan fingerprint density at radius 2 is 1.76 bits per heavy atom. The quantitative estimate of drug-likeness (QED) is 0.731. The van der Waals surface area contributed by atoms with E-state index < -0.39 is 22.5 Å². The van der Waals surface area contributed by atoms with Crippen molar-refractivity contribution in [2.75, 3.05) is 26.2 Å². The number of benzene rings is 1. The van der Waals surface area contributed by atoms with Gasteiger partial charge >= 0.3 is 0 Å². The molecule has 1 aliphatic carbocycles. The predicted molar refractivity (Wildman–Crippen MR) is 111 cm³/mol. The number of nitrogens with one attached hydrogen (secondary N) is 2. The molecular weight excluding hydrogens is 390 g/mol. The van der Waals surface area contributed by atoms with E-state index in [4.69, 9.17) is 0 Å². The first-order valence-corrected chi connectivity index (χ1v) is 11.9. The van der Waals surface area contributed by atoms with Crippen LogP contribution < -0.4 is 10.0 Å². The van der Waals surface area contributed by atoms with Gasteiger partial charge in [0, 0.05) is 13.1 Å². The summed E-state index contributed by atoms with van der Waals surface area (Å²) in [5.74, 6) is 0.710. The Hall–Kier alpha value is -1.93. The zero-order valence-electron chi connectivity index (χ0n) is 17.2. The fraction of sp³-hybridized carbons (Fsp3) is 0.619. The second kappa shape index (κ2) is 9.26. The molecule has 2 N–H and O–H groups in total. The van der Waals surface area contributed by atoms with Crippen LogP contribution in [0.3, 0.4) is 0 Å². The highest BCUT2D eigenvalue weighted by Gasteiger charge is 2.32. The maximum atomic E-state index is 12.4. The third-order valence-electron chi connectivity index (χ3n) is 6.29. The molecule has 29 heavy (non-hydrogen) atoms. The van der Waals surface area contributed by atoms with Crippen LogP contribution in [0.4, 0.5) is 0 Å². The maximum absolute atomic E-state index is 12.4. The number of likely N-dealkylation sites (tertiary alicyclic amines) is 1. The van der Waals surface area contributed by atoms with Crippen molar-refractivity contribution in [3.05, 3.63) is 29.3 Å². The fourth-order valence-corrected chi connectivity index (χ4v) is 5.37. The summed E-state index contributed by atoms with van der Waals surface area (Å²) >= 11 is 0. The molecule has 1 saturated carbocycles. The standard InChI is InChI=1S/C21H31N3O4S/c1-15-7-8-19(11-16(15)2)29(27,28)23-12-20(25)22-13-21(26)24-10-9-17-5-3-4-6-18(17)14-24/h7-8,11,17-18,23H,3-6,9-10,12-14H2,1-2H3,(H,22,25)/t17-,18+/m1/s1. The Labute approximate surface area is 173 Å². The lowest BCUT2D eigenvalue weighted by Crippen LogP contribution is -2.49. The highest BCUT2D eigenvalue weighted by Crippen LogP contribution is 2.35. The third kappa shape index (κ3) is 5.57. The van der Waals surface area contributed by atoms with Gasteiger partial charge in [-0.1, -0.05) is 25.3 Å². The second-order valence-corrected chi connectivity index (χ2v) is 10.0. The summed E-state index contributed by atoms with van der Waals surface area (Å²) in [5.41, 5.74) is 1.86. The molecule has 160 valence electrons. The number of nitrogens with zero attached hydrogens (tertiary/aromatic N) is 1. The molecule has 0 bridgehead atoms. The van der Waals surface area contributed by atoms with Gasteiger partial charge in [-0.2, -0.15) is 0 Å². The molecule has 0 unspecified atom stereocenters. The highest BCUT2D eigenvalue weighted by molar-refractivity contribution is 7.89. The molecule has 2 atom stereocenters. The first kappa shape index (κ1) is 21.8. The monoisotopic (exact) mass is 421 g/mol. The van der Waals surface area contributed by atoms with Gasteiger partial charge in [-0.15, -0.1) is 0 Å². The number of fused-ring (bicyclic) bond motifs is 1. The molecule has 3 rings (SSSR count). The van der Waals surface area contributed by atoms with Crippen LogP contribution in [-0.4, -0.2) is 51.3 Å². The van der Waals surface area contributed by atoms with Gasteiger partial charge < -0.3 is 10.2 Å². The molecule has 1 saturated heterocycles. The van der Waals surface area contributed by atoms with Crippen LogP contribution in [0.15, 0.2) is 23.1 Å². The summed E-state index contributed by atoms with van der Waals surface area (Å²) < 4.78 is 27.0. The van der Waals surface area contributed by atoms with Gasteiger partial charge in [-0.05, 0) is 61.8 Å². The molecule has 0 spiro atoms. The van der Waals surface area contributed by atoms with Gasteiger partial charge in [0.2, 0.25) is 21.8 Å². The summed E-state index contributed by atoms with van der Waals surface area (Å²) in [4.78, 5) is 26.5. The van der Waals surface area contributed by atoms with E-state index in [0.717, 1.165) is 36.6 Å². The van der Waals surface area contributed by atoms with Crippen LogP contribution in [0.1, 0.15) is 43.2 Å². The number of hydrogen-bond donors (Lipinski definition) is 2. The number of sulfonamides is 1. The zero-order valence-corrected chi connectivity index (χ0v) is 18.1. The van der Waals surface area contributed by atoms with Gasteiger partial charge in [0.25, 0.3) is 0 Å². The van der Waals surface area contributed by atoms with Crippen molar-refractivity contribution in [3.8, 4) is 0 Å². The van der Waals surface area contributed by atoms with E-state index in [1.54, 1.807) is 12.1 Å². The average molecular weight is 422 g/mol. The summed E-state index contributed by atoms with van der Waals surface area (Å²) in [6.07, 6.45) is 6.02. The summed E-state index contributed by atoms with van der Waals surface area (Å²) in [6.45, 7) is 4.77. The van der Waals surface area contributed by atoms with Gasteiger partial charge in [0.1, 0.15) is 0 Å². The molecule has 7 nitrogen and oxygen atoms in total. The van der Waals surface area contributed by atoms with E-state index in [9.17, 15) is 18.0 Å². The molecule has 1 heterocycles. The van der Waals surface area contributed by atoms with Crippen LogP contribution >= 0.6 is 0 Å². The van der Waals surface area contributed by atoms with Crippen LogP contribution in [0.2, 0.25) is 0 Å². The Morgan fingerprint density at radius 1 is 1.03 bits per heavy atom. The van der Waals surface area contributed by atoms with Crippen molar-refractivity contribution in [3.63, 3.8) is 0 Å². The van der Waals surface area contributed by atoms with Crippen molar-refractivity contribution in [2.24, 2.45) is 11.8 Å². The minimum Gasteiger partial charge on any atom is -0.346 e. The van der Waals surface area contributed by atoms with Gasteiger partial charge in [0.15, 0.2) is 0 Å². The van der Waals surface area contributed by atoms with Crippen LogP contribution in [0, 0.1) is 25.7 Å². The zero-order chi connectivity index (χ0) is 21.0. The normalized spacial score (nSPS) is 22.1. The minimum atomic E-state index is -3.77. The smallest absolute Gasteiger partial charge is 0.241 e. The van der Waals surface area contributed by atoms with Crippen molar-refractivity contribution in [1.82, 2.24) is 14.9 Å². The van der Waals surface area contributed by atoms with E-state index in [2.05, 4.69) is 10.0 Å². The SMILES string of the molecule is Cc1ccc(S(=O)(=O)NCC(=O)NCC(=O)N2CC[C@H]3CCCC[C@H]3C2)cc1C. The molecule has 0 aromatic heterocycles. The lowest BCUT2D eigenvalue weighted by atomic mass is 9.75. The molecule has 1 aliphatic heterocycles. The highest BCUT2D eigenvalue weighted by atomic mass is 32.2. The molecular formula is C21H31N3O4S. The molecule has 2 fully saturated rings. The Bertz CT molecular complexity index is 869. The number of hydrogen-bond acceptors (Lipinski definition) is 4. The summed E-state index contributed by atoms with van der Waals surface area (Å²) in [6, 6.07) is 4.83. The number of amides is 2. The van der Waals surface area contributed by atoms with Crippen LogP contribution in [0.5, 0.6) is 0 Å². The summed E-state index contributed by atoms with van der Waals surface area (Å²) in [7, 11) is -3.77. The number of piperidine rings is 1. The van der Waals surface area contributed by atoms with E-state index in [1.165, 1.54) is 31.7 Å². The molecule has 2 amide bonds. The molecule has 2 aliphatic rings. The number of carbonyl (C=O) groups excluding carboxylic acids is 2. The first-order chi connectivity index (χ1) is 13.8. The van der Waals surface area contributed by atoms with E-state index >= 15 is 0 Å². The van der Waals surface area contributed by atoms with Crippen LogP contribution in [0.25, 0.3) is 0 Å². The minimum absolute atomic E-state index is 0.0956. The lowest BCUT2D eigenvalue weighted by molar-refractivity contribution is -0.135. The lowest BCUT2D eigenvalue weighted by Gasteiger charge is -2.41. The van der Waals surface area contributed by atoms with E-state index in [1.807, 2.05) is 18.7 Å². The number of carbonyl (C=O) groups is 2. The first-order valence-electron chi connectivity index (χ1n) is 10.4. The molecule has 1 aromatic carbocycles. The maximum Gasteiger partial charge on any atom is 0.241 e. The average Bonchev–Trinajstić information content (AvgIpc) is 2.72. The van der Waals surface area contributed by atoms with Gasteiger partial charge in [-0.3, -0.25) is 9.59 Å². The van der Waals surface area contributed by atoms with Gasteiger partial charge in [-0.25, -0.2) is 13.1 Å². The van der Waals surface area contributed by atoms with Crippen LogP contribution in [-0.2, 0) is 19.6 Å². The topological polar surface area (TPSA) is 95.6 Å². The summed E-state index contributed by atoms with van der Waals surface area (Å²) in [5, 5.41) is 2.54. The second-order valence-electron chi connectivity index (χ2n) is 8.28. The molecule has 0 radical (unpaired) electrons. The number of rotatable bonds is 6. The molecule has 8 heteroatoms. The Kier molecular flexibility index (Phi) is 6.95. The Morgan fingerprint density at radius 3 is 2.48 bits per heavy atom. The fourth-order valence-electron chi connectivity index (χ4n) is 4.30. The predicted octanol–water partition coefficient (Wildman–Crippen LogP) is 1.74. The van der Waals surface area contributed by atoms with Crippen molar-refractivity contribution < 1.29 is 18.0 Å². The molecule has 1 aromatic rings.